The van der Waals surface area contributed by atoms with Crippen LogP contribution < -0.4 is 0 Å². The topological polar surface area (TPSA) is 60.8 Å². The normalized spacial score (nSPS) is 21.1. The van der Waals surface area contributed by atoms with Crippen LogP contribution >= 0.6 is 0 Å². The Morgan fingerprint density at radius 1 is 0.571 bits per heavy atom. The molecule has 260 valence electrons. The number of hydrogen-bond acceptors (Lipinski definition) is 5. The zero-order valence-electron chi connectivity index (χ0n) is 29.3. The quantitative estimate of drug-likeness (QED) is 0.125. The van der Waals surface area contributed by atoms with Gasteiger partial charge in [0, 0.05) is 35.9 Å². The van der Waals surface area contributed by atoms with Crippen LogP contribution in [0.1, 0.15) is 125 Å². The molecule has 7 heteroatoms. The largest absolute Gasteiger partial charge is 0.381 e. The van der Waals surface area contributed by atoms with Crippen LogP contribution in [0.3, 0.4) is 0 Å². The van der Waals surface area contributed by atoms with Crippen molar-refractivity contribution in [2.45, 2.75) is 116 Å². The third-order valence-electron chi connectivity index (χ3n) is 11.0. The van der Waals surface area contributed by atoms with Gasteiger partial charge in [0.2, 0.25) is 0 Å². The maximum atomic E-state index is 15.0. The van der Waals surface area contributed by atoms with Crippen molar-refractivity contribution in [3.8, 4) is 22.8 Å². The molecule has 2 aromatic heterocycles. The Bertz CT molecular complexity index is 1490. The van der Waals surface area contributed by atoms with Crippen molar-refractivity contribution in [1.29, 1.82) is 0 Å². The average Bonchev–Trinajstić information content (AvgIpc) is 3.14. The van der Waals surface area contributed by atoms with Gasteiger partial charge in [0.05, 0.1) is 13.2 Å². The summed E-state index contributed by atoms with van der Waals surface area (Å²) < 4.78 is 35.8. The number of hydrogen-bond donors (Lipinski definition) is 0. The highest BCUT2D eigenvalue weighted by Crippen LogP contribution is 2.38. The molecule has 2 fully saturated rings. The number of rotatable bonds is 14. The molecular formula is C42H52F2N4O. The van der Waals surface area contributed by atoms with Crippen molar-refractivity contribution in [3.63, 3.8) is 0 Å². The molecule has 0 saturated heterocycles. The van der Waals surface area contributed by atoms with E-state index in [4.69, 9.17) is 4.74 Å². The lowest BCUT2D eigenvalue weighted by molar-refractivity contribution is 0.139. The summed E-state index contributed by atoms with van der Waals surface area (Å²) in [6.45, 7) is 5.23. The van der Waals surface area contributed by atoms with E-state index < -0.39 is 0 Å². The zero-order valence-corrected chi connectivity index (χ0v) is 29.3. The number of nitrogens with zero attached hydrogens (tertiary/aromatic N) is 4. The highest BCUT2D eigenvalue weighted by atomic mass is 19.1. The van der Waals surface area contributed by atoms with Gasteiger partial charge in [0.15, 0.2) is 11.6 Å². The third kappa shape index (κ3) is 9.36. The molecule has 0 bridgehead atoms. The van der Waals surface area contributed by atoms with E-state index in [0.29, 0.717) is 71.8 Å². The minimum atomic E-state index is -0.292. The van der Waals surface area contributed by atoms with Crippen LogP contribution in [0, 0.1) is 23.5 Å². The molecule has 2 aliphatic rings. The summed E-state index contributed by atoms with van der Waals surface area (Å²) in [7, 11) is 0. The molecule has 0 N–H and O–H groups in total. The van der Waals surface area contributed by atoms with Gasteiger partial charge in [-0.1, -0.05) is 63.8 Å². The van der Waals surface area contributed by atoms with Crippen molar-refractivity contribution in [3.05, 3.63) is 95.1 Å². The summed E-state index contributed by atoms with van der Waals surface area (Å²) in [5.74, 6) is 3.28. The summed E-state index contributed by atoms with van der Waals surface area (Å²) in [5.41, 5.74) is 4.88. The van der Waals surface area contributed by atoms with Gasteiger partial charge in [-0.15, -0.1) is 0 Å². The second kappa shape index (κ2) is 17.4. The number of halogens is 2. The summed E-state index contributed by atoms with van der Waals surface area (Å²) in [6.07, 6.45) is 23.7. The van der Waals surface area contributed by atoms with Crippen LogP contribution in [0.5, 0.6) is 0 Å². The summed E-state index contributed by atoms with van der Waals surface area (Å²) >= 11 is 0. The van der Waals surface area contributed by atoms with Crippen molar-refractivity contribution < 1.29 is 13.5 Å². The fourth-order valence-corrected chi connectivity index (χ4v) is 8.03. The standard InChI is InChI=1S/C42H52F2N4O/c1-3-5-29-7-11-31(12-8-29)37-25-45-41(46-26-37)35-17-15-33(39(43)23-35)19-21-49-22-20-34-16-18-36(24-40(34)44)42-47-27-38(28-48-42)32-13-9-30(6-4-2)10-14-32/h15-18,23-32H,3-14,19-22H2,1-2H3. The molecule has 2 heterocycles. The Kier molecular flexibility index (Phi) is 12.5. The molecule has 2 aromatic carbocycles. The Morgan fingerprint density at radius 3 is 1.31 bits per heavy atom. The molecule has 6 rings (SSSR count). The Labute approximate surface area is 291 Å². The first-order valence-corrected chi connectivity index (χ1v) is 18.8. The van der Waals surface area contributed by atoms with Crippen LogP contribution in [-0.4, -0.2) is 33.1 Å². The van der Waals surface area contributed by atoms with E-state index >= 15 is 0 Å². The molecule has 2 aliphatic carbocycles. The highest BCUT2D eigenvalue weighted by molar-refractivity contribution is 5.56. The van der Waals surface area contributed by atoms with Gasteiger partial charge in [-0.05, 0) is 122 Å². The second-order valence-electron chi connectivity index (χ2n) is 14.4. The first kappa shape index (κ1) is 35.3. The van der Waals surface area contributed by atoms with Crippen LogP contribution in [0.25, 0.3) is 22.8 Å². The van der Waals surface area contributed by atoms with Crippen LogP contribution in [0.4, 0.5) is 8.78 Å². The maximum absolute atomic E-state index is 15.0. The molecule has 2 saturated carbocycles. The molecule has 0 amide bonds. The monoisotopic (exact) mass is 666 g/mol. The van der Waals surface area contributed by atoms with Crippen molar-refractivity contribution in [1.82, 2.24) is 19.9 Å². The van der Waals surface area contributed by atoms with Gasteiger partial charge < -0.3 is 4.74 Å². The third-order valence-corrected chi connectivity index (χ3v) is 11.0. The van der Waals surface area contributed by atoms with E-state index in [1.54, 1.807) is 12.1 Å². The van der Waals surface area contributed by atoms with Gasteiger partial charge in [-0.2, -0.15) is 0 Å². The second-order valence-corrected chi connectivity index (χ2v) is 14.4. The molecular weight excluding hydrogens is 614 g/mol. The minimum absolute atomic E-state index is 0.292. The fourth-order valence-electron chi connectivity index (χ4n) is 8.03. The lowest BCUT2D eigenvalue weighted by Gasteiger charge is -2.28. The Hall–Kier alpha value is -3.58. The van der Waals surface area contributed by atoms with E-state index in [9.17, 15) is 8.78 Å². The molecule has 5 nitrogen and oxygen atoms in total. The smallest absolute Gasteiger partial charge is 0.159 e. The lowest BCUT2D eigenvalue weighted by Crippen LogP contribution is -2.13. The van der Waals surface area contributed by atoms with Crippen molar-refractivity contribution in [2.75, 3.05) is 13.2 Å². The molecule has 4 aromatic rings. The average molecular weight is 667 g/mol. The maximum Gasteiger partial charge on any atom is 0.159 e. The SMILES string of the molecule is CCCC1CCC(c2cnc(-c3ccc(CCOCCc4ccc(-c5ncc(C6CCC(CCC)CC6)cn5)cc4F)c(F)c3)nc2)CC1. The fraction of sp³-hybridized carbons (Fsp3) is 0.524. The van der Waals surface area contributed by atoms with Crippen LogP contribution in [0.15, 0.2) is 61.2 Å². The van der Waals surface area contributed by atoms with Crippen LogP contribution in [-0.2, 0) is 17.6 Å². The Morgan fingerprint density at radius 2 is 0.959 bits per heavy atom. The number of aromatic nitrogens is 4. The number of ether oxygens (including phenoxy) is 1. The summed E-state index contributed by atoms with van der Waals surface area (Å²) in [5, 5.41) is 0. The van der Waals surface area contributed by atoms with E-state index in [2.05, 4.69) is 33.8 Å². The molecule has 0 spiro atoms. The van der Waals surface area contributed by atoms with Crippen molar-refractivity contribution >= 4 is 0 Å². The molecule has 0 radical (unpaired) electrons. The summed E-state index contributed by atoms with van der Waals surface area (Å²) in [4.78, 5) is 18.3. The van der Waals surface area contributed by atoms with Gasteiger partial charge in [-0.3, -0.25) is 0 Å². The highest BCUT2D eigenvalue weighted by Gasteiger charge is 2.24. The van der Waals surface area contributed by atoms with E-state index in [0.717, 1.165) is 11.8 Å². The van der Waals surface area contributed by atoms with Gasteiger partial charge in [0.25, 0.3) is 0 Å². The van der Waals surface area contributed by atoms with Crippen molar-refractivity contribution in [2.24, 2.45) is 11.8 Å². The first-order chi connectivity index (χ1) is 24.0. The number of benzene rings is 2. The van der Waals surface area contributed by atoms with Gasteiger partial charge >= 0.3 is 0 Å². The van der Waals surface area contributed by atoms with Gasteiger partial charge in [0.1, 0.15) is 11.6 Å². The molecule has 0 aliphatic heterocycles. The first-order valence-electron chi connectivity index (χ1n) is 18.8. The zero-order chi connectivity index (χ0) is 34.0. The van der Waals surface area contributed by atoms with E-state index in [1.165, 1.54) is 100 Å². The van der Waals surface area contributed by atoms with Crippen LogP contribution in [0.2, 0.25) is 0 Å². The van der Waals surface area contributed by atoms with Gasteiger partial charge in [-0.25, -0.2) is 28.7 Å². The van der Waals surface area contributed by atoms with E-state index in [1.807, 2.05) is 36.9 Å². The summed E-state index contributed by atoms with van der Waals surface area (Å²) in [6, 6.07) is 10.3. The Balaban J connectivity index is 0.935. The predicted molar refractivity (Wildman–Crippen MR) is 192 cm³/mol. The lowest BCUT2D eigenvalue weighted by atomic mass is 9.78. The van der Waals surface area contributed by atoms with E-state index in [-0.39, 0.29) is 11.6 Å². The predicted octanol–water partition coefficient (Wildman–Crippen LogP) is 10.8. The molecule has 0 unspecified atom stereocenters. The molecule has 49 heavy (non-hydrogen) atoms. The minimum Gasteiger partial charge on any atom is -0.381 e. The molecule has 0 atom stereocenters.